The summed E-state index contributed by atoms with van der Waals surface area (Å²) in [5.74, 6) is -0.368. The topological polar surface area (TPSA) is 43.4 Å². The van der Waals surface area contributed by atoms with Crippen molar-refractivity contribution in [3.63, 3.8) is 0 Å². The van der Waals surface area contributed by atoms with E-state index in [4.69, 9.17) is 0 Å². The summed E-state index contributed by atoms with van der Waals surface area (Å²) in [7, 11) is -1.74. The van der Waals surface area contributed by atoms with Crippen molar-refractivity contribution in [1.29, 1.82) is 0 Å². The molecule has 0 bridgehead atoms. The molecule has 0 aromatic rings. The van der Waals surface area contributed by atoms with Crippen molar-refractivity contribution >= 4 is 14.0 Å². The van der Waals surface area contributed by atoms with Crippen LogP contribution in [0.25, 0.3) is 0 Å². The fraction of sp³-hybridized carbons (Fsp3) is 0.875. The van der Waals surface area contributed by atoms with E-state index in [9.17, 15) is 9.36 Å². The number of hydrogen-bond acceptors (Lipinski definition) is 3. The summed E-state index contributed by atoms with van der Waals surface area (Å²) in [6, 6.07) is 0. The Morgan fingerprint density at radius 1 is 1.38 bits per heavy atom. The standard InChI is InChI=1S/C8H16O3P.Na.H/c1-3-5-6-7-12(10)11-8(9)4-2;;/h3-7H2,1-2H3;;/q2*+1;-1. The Morgan fingerprint density at radius 3 is 2.46 bits per heavy atom. The molecule has 1 unspecified atom stereocenters. The Hall–Kier alpha value is 0.570. The summed E-state index contributed by atoms with van der Waals surface area (Å²) in [4.78, 5) is 10.6. The van der Waals surface area contributed by atoms with Gasteiger partial charge in [0.25, 0.3) is 0 Å². The minimum atomic E-state index is -1.74. The summed E-state index contributed by atoms with van der Waals surface area (Å²) < 4.78 is 15.6. The molecule has 0 heterocycles. The first-order valence-corrected chi connectivity index (χ1v) is 5.72. The van der Waals surface area contributed by atoms with Gasteiger partial charge in [0, 0.05) is 6.42 Å². The van der Waals surface area contributed by atoms with Crippen molar-refractivity contribution in [2.24, 2.45) is 0 Å². The summed E-state index contributed by atoms with van der Waals surface area (Å²) in [5, 5.41) is 0. The maximum Gasteiger partial charge on any atom is 1.00 e. The van der Waals surface area contributed by atoms with E-state index in [1.807, 2.05) is 0 Å². The van der Waals surface area contributed by atoms with Gasteiger partial charge in [-0.3, -0.25) is 0 Å². The summed E-state index contributed by atoms with van der Waals surface area (Å²) in [6.45, 7) is 3.77. The molecule has 0 saturated carbocycles. The van der Waals surface area contributed by atoms with Gasteiger partial charge in [-0.25, -0.2) is 9.32 Å². The normalized spacial score (nSPS) is 10.2. The van der Waals surface area contributed by atoms with Gasteiger partial charge >= 0.3 is 43.6 Å². The van der Waals surface area contributed by atoms with Gasteiger partial charge in [-0.05, 0) is 17.4 Å². The molecule has 0 fully saturated rings. The predicted molar refractivity (Wildman–Crippen MR) is 49.5 cm³/mol. The van der Waals surface area contributed by atoms with Gasteiger partial charge in [-0.2, -0.15) is 0 Å². The van der Waals surface area contributed by atoms with E-state index in [1.54, 1.807) is 6.92 Å². The quantitative estimate of drug-likeness (QED) is 0.355. The van der Waals surface area contributed by atoms with Crippen LogP contribution in [0.15, 0.2) is 0 Å². The SMILES string of the molecule is CCCCC[P+](=O)OC(=O)CC.[H-].[Na+]. The third-order valence-electron chi connectivity index (χ3n) is 1.44. The van der Waals surface area contributed by atoms with Gasteiger partial charge in [-0.1, -0.05) is 20.3 Å². The molecule has 0 aliphatic heterocycles. The van der Waals surface area contributed by atoms with Crippen LogP contribution in [0, 0.1) is 0 Å². The van der Waals surface area contributed by atoms with Gasteiger partial charge in [0.15, 0.2) is 6.16 Å². The van der Waals surface area contributed by atoms with E-state index < -0.39 is 8.03 Å². The molecule has 72 valence electrons. The fourth-order valence-corrected chi connectivity index (χ4v) is 1.64. The number of carbonyl (C=O) groups is 1. The Morgan fingerprint density at radius 2 is 2.00 bits per heavy atom. The second kappa shape index (κ2) is 10.6. The maximum atomic E-state index is 11.0. The van der Waals surface area contributed by atoms with Crippen LogP contribution in [0.1, 0.15) is 41.0 Å². The Kier molecular flexibility index (Phi) is 13.1. The smallest absolute Gasteiger partial charge is 1.00 e. The van der Waals surface area contributed by atoms with Gasteiger partial charge in [0.05, 0.1) is 0 Å². The Bertz CT molecular complexity index is 167. The summed E-state index contributed by atoms with van der Waals surface area (Å²) >= 11 is 0. The zero-order chi connectivity index (χ0) is 9.40. The third kappa shape index (κ3) is 10.5. The third-order valence-corrected chi connectivity index (χ3v) is 2.53. The molecule has 0 aliphatic carbocycles. The Balaban J connectivity index is -0.000000605. The van der Waals surface area contributed by atoms with E-state index in [-0.39, 0.29) is 37.0 Å². The fourth-order valence-electron chi connectivity index (χ4n) is 0.715. The van der Waals surface area contributed by atoms with E-state index in [0.29, 0.717) is 12.6 Å². The Labute approximate surface area is 104 Å². The van der Waals surface area contributed by atoms with Crippen LogP contribution in [-0.4, -0.2) is 12.1 Å². The monoisotopic (exact) mass is 215 g/mol. The number of rotatable bonds is 6. The van der Waals surface area contributed by atoms with Gasteiger partial charge in [-0.15, -0.1) is 0 Å². The van der Waals surface area contributed by atoms with Crippen LogP contribution in [0.3, 0.4) is 0 Å². The maximum absolute atomic E-state index is 11.0. The second-order valence-electron chi connectivity index (χ2n) is 2.58. The van der Waals surface area contributed by atoms with E-state index >= 15 is 0 Å². The largest absolute Gasteiger partial charge is 1.00 e. The molecule has 13 heavy (non-hydrogen) atoms. The van der Waals surface area contributed by atoms with E-state index in [2.05, 4.69) is 11.4 Å². The van der Waals surface area contributed by atoms with Crippen molar-refractivity contribution in [3.05, 3.63) is 0 Å². The summed E-state index contributed by atoms with van der Waals surface area (Å²) in [6.07, 6.45) is 3.82. The molecule has 0 amide bonds. The summed E-state index contributed by atoms with van der Waals surface area (Å²) in [5.41, 5.74) is 0. The molecule has 0 aromatic heterocycles. The molecule has 0 spiro atoms. The van der Waals surface area contributed by atoms with Crippen LogP contribution in [-0.2, 0) is 13.9 Å². The van der Waals surface area contributed by atoms with Crippen molar-refractivity contribution in [2.45, 2.75) is 39.5 Å². The molecule has 1 atom stereocenters. The number of unbranched alkanes of at least 4 members (excludes halogenated alkanes) is 2. The van der Waals surface area contributed by atoms with Crippen molar-refractivity contribution < 1.29 is 44.9 Å². The molecule has 0 N–H and O–H groups in total. The zero-order valence-corrected chi connectivity index (χ0v) is 11.6. The zero-order valence-electron chi connectivity index (χ0n) is 9.71. The van der Waals surface area contributed by atoms with Crippen molar-refractivity contribution in [3.8, 4) is 0 Å². The van der Waals surface area contributed by atoms with Gasteiger partial charge in [0.2, 0.25) is 0 Å². The average molecular weight is 215 g/mol. The van der Waals surface area contributed by atoms with Gasteiger partial charge in [0.1, 0.15) is 0 Å². The average Bonchev–Trinajstić information content (AvgIpc) is 2.05. The van der Waals surface area contributed by atoms with Crippen LogP contribution < -0.4 is 29.6 Å². The first-order valence-electron chi connectivity index (χ1n) is 4.36. The first-order chi connectivity index (χ1) is 5.70. The molecule has 0 aromatic carbocycles. The van der Waals surface area contributed by atoms with Crippen LogP contribution in [0.5, 0.6) is 0 Å². The van der Waals surface area contributed by atoms with Crippen LogP contribution in [0.2, 0.25) is 0 Å². The first kappa shape index (κ1) is 16.0. The number of hydrogen-bond donors (Lipinski definition) is 0. The molecule has 0 radical (unpaired) electrons. The predicted octanol–water partition coefficient (Wildman–Crippen LogP) is -0.0113. The molecular formula is C8H17NaO3P+. The van der Waals surface area contributed by atoms with E-state index in [0.717, 1.165) is 19.3 Å². The minimum absolute atomic E-state index is 0. The molecule has 5 heteroatoms. The van der Waals surface area contributed by atoms with Crippen LogP contribution in [0.4, 0.5) is 0 Å². The van der Waals surface area contributed by atoms with Crippen LogP contribution >= 0.6 is 8.03 Å². The minimum Gasteiger partial charge on any atom is -1.00 e. The molecule has 3 nitrogen and oxygen atoms in total. The molecule has 0 saturated heterocycles. The molecule has 0 aliphatic rings. The second-order valence-corrected chi connectivity index (χ2v) is 3.88. The van der Waals surface area contributed by atoms with Crippen molar-refractivity contribution in [2.75, 3.05) is 6.16 Å². The van der Waals surface area contributed by atoms with E-state index in [1.165, 1.54) is 0 Å². The number of carbonyl (C=O) groups excluding carboxylic acids is 1. The van der Waals surface area contributed by atoms with Crippen molar-refractivity contribution in [1.82, 2.24) is 0 Å². The van der Waals surface area contributed by atoms with Gasteiger partial charge < -0.3 is 1.43 Å². The molecule has 0 rings (SSSR count). The molecular weight excluding hydrogens is 198 g/mol.